The van der Waals surface area contributed by atoms with Gasteiger partial charge in [-0.1, -0.05) is 11.6 Å². The fraction of sp³-hybridized carbons (Fsp3) is 0.385. The minimum atomic E-state index is -4.06. The maximum Gasteiger partial charge on any atom is 0.242 e. The number of nitrogens with zero attached hydrogens (tertiary/aromatic N) is 1. The molecule has 0 aliphatic heterocycles. The molecule has 0 saturated heterocycles. The lowest BCUT2D eigenvalue weighted by Gasteiger charge is -2.22. The number of carbonyl (C=O) groups is 1. The number of amides is 1. The van der Waals surface area contributed by atoms with Gasteiger partial charge in [-0.05, 0) is 39.0 Å². The van der Waals surface area contributed by atoms with Gasteiger partial charge in [-0.3, -0.25) is 4.79 Å². The van der Waals surface area contributed by atoms with Crippen molar-refractivity contribution in [2.24, 2.45) is 0 Å². The highest BCUT2D eigenvalue weighted by Crippen LogP contribution is 2.22. The molecule has 8 heteroatoms. The van der Waals surface area contributed by atoms with Crippen LogP contribution in [0.5, 0.6) is 0 Å². The molecule has 21 heavy (non-hydrogen) atoms. The number of anilines is 1. The SMILES string of the molecule is CC(C(=O)Nc1ccc(C#N)c(Cl)c1)S(=O)(=O)C(C)(C)O. The standard InChI is InChI=1S/C13H15ClN2O4S/c1-8(21(19,20)13(2,3)18)12(17)16-10-5-4-9(7-15)11(14)6-10/h4-6,8,18H,1-3H3,(H,16,17). The lowest BCUT2D eigenvalue weighted by molar-refractivity contribution is -0.115. The summed E-state index contributed by atoms with van der Waals surface area (Å²) in [5.74, 6) is -0.794. The van der Waals surface area contributed by atoms with Crippen LogP contribution in [0.1, 0.15) is 26.3 Å². The first-order valence-corrected chi connectivity index (χ1v) is 7.89. The second-order valence-electron chi connectivity index (χ2n) is 4.93. The van der Waals surface area contributed by atoms with Gasteiger partial charge in [0.1, 0.15) is 11.3 Å². The van der Waals surface area contributed by atoms with E-state index in [-0.39, 0.29) is 16.3 Å². The summed E-state index contributed by atoms with van der Waals surface area (Å²) in [6.45, 7) is 3.39. The van der Waals surface area contributed by atoms with E-state index in [4.69, 9.17) is 16.9 Å². The first kappa shape index (κ1) is 17.4. The Balaban J connectivity index is 2.97. The Kier molecular flexibility index (Phi) is 4.99. The first-order chi connectivity index (χ1) is 9.50. The second-order valence-corrected chi connectivity index (χ2v) is 8.13. The third kappa shape index (κ3) is 3.73. The average Bonchev–Trinajstić information content (AvgIpc) is 2.36. The Morgan fingerprint density at radius 2 is 2.05 bits per heavy atom. The summed E-state index contributed by atoms with van der Waals surface area (Å²) in [5.41, 5.74) is 0.508. The molecular formula is C13H15ClN2O4S. The van der Waals surface area contributed by atoms with Gasteiger partial charge in [-0.25, -0.2) is 8.42 Å². The maximum atomic E-state index is 12.0. The van der Waals surface area contributed by atoms with Gasteiger partial charge in [-0.2, -0.15) is 5.26 Å². The zero-order valence-electron chi connectivity index (χ0n) is 11.7. The summed E-state index contributed by atoms with van der Waals surface area (Å²) >= 11 is 5.82. The van der Waals surface area contributed by atoms with Crippen LogP contribution in [0.15, 0.2) is 18.2 Å². The zero-order chi connectivity index (χ0) is 16.4. The van der Waals surface area contributed by atoms with Gasteiger partial charge in [-0.15, -0.1) is 0 Å². The molecular weight excluding hydrogens is 316 g/mol. The van der Waals surface area contributed by atoms with Gasteiger partial charge < -0.3 is 10.4 Å². The number of rotatable bonds is 4. The Morgan fingerprint density at radius 1 is 1.48 bits per heavy atom. The van der Waals surface area contributed by atoms with Crippen LogP contribution in [0.3, 0.4) is 0 Å². The van der Waals surface area contributed by atoms with Crippen molar-refractivity contribution in [2.75, 3.05) is 5.32 Å². The van der Waals surface area contributed by atoms with Crippen LogP contribution < -0.4 is 5.32 Å². The molecule has 0 bridgehead atoms. The lowest BCUT2D eigenvalue weighted by atomic mass is 10.2. The van der Waals surface area contributed by atoms with Crippen LogP contribution in [-0.4, -0.2) is 29.6 Å². The minimum Gasteiger partial charge on any atom is -0.375 e. The highest BCUT2D eigenvalue weighted by atomic mass is 35.5. The van der Waals surface area contributed by atoms with Crippen LogP contribution >= 0.6 is 11.6 Å². The van der Waals surface area contributed by atoms with Crippen molar-refractivity contribution in [2.45, 2.75) is 31.0 Å². The Hall–Kier alpha value is -1.62. The van der Waals surface area contributed by atoms with Gasteiger partial charge in [0, 0.05) is 5.69 Å². The first-order valence-electron chi connectivity index (χ1n) is 5.97. The highest BCUT2D eigenvalue weighted by molar-refractivity contribution is 7.93. The van der Waals surface area contributed by atoms with E-state index in [1.54, 1.807) is 0 Å². The van der Waals surface area contributed by atoms with E-state index in [2.05, 4.69) is 5.32 Å². The molecule has 2 N–H and O–H groups in total. The monoisotopic (exact) mass is 330 g/mol. The average molecular weight is 331 g/mol. The number of sulfone groups is 1. The minimum absolute atomic E-state index is 0.147. The number of halogens is 1. The van der Waals surface area contributed by atoms with Crippen LogP contribution in [0.2, 0.25) is 5.02 Å². The summed E-state index contributed by atoms with van der Waals surface area (Å²) < 4.78 is 23.9. The van der Waals surface area contributed by atoms with Crippen molar-refractivity contribution in [1.29, 1.82) is 5.26 Å². The van der Waals surface area contributed by atoms with E-state index in [0.29, 0.717) is 0 Å². The number of aliphatic hydroxyl groups is 1. The lowest BCUT2D eigenvalue weighted by Crippen LogP contribution is -2.44. The van der Waals surface area contributed by atoms with Crippen molar-refractivity contribution in [3.05, 3.63) is 28.8 Å². The molecule has 0 aliphatic rings. The third-order valence-corrected chi connectivity index (χ3v) is 5.74. The molecule has 1 unspecified atom stereocenters. The topological polar surface area (TPSA) is 107 Å². The Bertz CT molecular complexity index is 702. The molecule has 0 spiro atoms. The van der Waals surface area contributed by atoms with Gasteiger partial charge in [0.05, 0.1) is 10.6 Å². The molecule has 114 valence electrons. The summed E-state index contributed by atoms with van der Waals surface area (Å²) in [4.78, 5) is 9.94. The molecule has 1 aromatic carbocycles. The quantitative estimate of drug-likeness (QED) is 0.873. The molecule has 1 amide bonds. The Labute approximate surface area is 128 Å². The predicted molar refractivity (Wildman–Crippen MR) is 79.5 cm³/mol. The van der Waals surface area contributed by atoms with E-state index in [1.807, 2.05) is 6.07 Å². The summed E-state index contributed by atoms with van der Waals surface area (Å²) in [5, 5.41) is 19.5. The van der Waals surface area contributed by atoms with Crippen LogP contribution in [0.25, 0.3) is 0 Å². The normalized spacial score (nSPS) is 13.3. The van der Waals surface area contributed by atoms with E-state index in [0.717, 1.165) is 13.8 Å². The van der Waals surface area contributed by atoms with Gasteiger partial charge in [0.15, 0.2) is 14.8 Å². The molecule has 1 rings (SSSR count). The Morgan fingerprint density at radius 3 is 2.48 bits per heavy atom. The number of hydrogen-bond acceptors (Lipinski definition) is 5. The molecule has 0 saturated carbocycles. The molecule has 0 heterocycles. The summed E-state index contributed by atoms with van der Waals surface area (Å²) in [6.07, 6.45) is 0. The molecule has 0 aliphatic carbocycles. The van der Waals surface area contributed by atoms with Gasteiger partial charge in [0.25, 0.3) is 0 Å². The molecule has 1 aromatic rings. The smallest absolute Gasteiger partial charge is 0.242 e. The fourth-order valence-corrected chi connectivity index (χ4v) is 2.93. The second kappa shape index (κ2) is 6.02. The summed E-state index contributed by atoms with van der Waals surface area (Å²) in [6, 6.07) is 6.06. The van der Waals surface area contributed by atoms with Crippen molar-refractivity contribution in [3.8, 4) is 6.07 Å². The van der Waals surface area contributed by atoms with Gasteiger partial charge >= 0.3 is 0 Å². The van der Waals surface area contributed by atoms with Crippen LogP contribution in [0, 0.1) is 11.3 Å². The zero-order valence-corrected chi connectivity index (χ0v) is 13.3. The number of hydrogen-bond donors (Lipinski definition) is 2. The number of benzene rings is 1. The van der Waals surface area contributed by atoms with E-state index < -0.39 is 25.9 Å². The van der Waals surface area contributed by atoms with Crippen molar-refractivity contribution in [1.82, 2.24) is 0 Å². The highest BCUT2D eigenvalue weighted by Gasteiger charge is 2.40. The van der Waals surface area contributed by atoms with E-state index in [1.165, 1.54) is 25.1 Å². The van der Waals surface area contributed by atoms with Gasteiger partial charge in [0.2, 0.25) is 5.91 Å². The summed E-state index contributed by atoms with van der Waals surface area (Å²) in [7, 11) is -4.06. The number of nitrogens with one attached hydrogen (secondary N) is 1. The fourth-order valence-electron chi connectivity index (χ4n) is 1.50. The van der Waals surface area contributed by atoms with E-state index in [9.17, 15) is 18.3 Å². The van der Waals surface area contributed by atoms with Crippen molar-refractivity contribution in [3.63, 3.8) is 0 Å². The molecule has 6 nitrogen and oxygen atoms in total. The predicted octanol–water partition coefficient (Wildman–Crippen LogP) is 1.68. The van der Waals surface area contributed by atoms with Crippen molar-refractivity contribution < 1.29 is 18.3 Å². The number of carbonyl (C=O) groups excluding carboxylic acids is 1. The maximum absolute atomic E-state index is 12.0. The third-order valence-electron chi connectivity index (χ3n) is 2.89. The molecule has 0 radical (unpaired) electrons. The van der Waals surface area contributed by atoms with Crippen LogP contribution in [-0.2, 0) is 14.6 Å². The molecule has 1 atom stereocenters. The van der Waals surface area contributed by atoms with E-state index >= 15 is 0 Å². The molecule has 0 aromatic heterocycles. The number of nitriles is 1. The molecule has 0 fully saturated rings. The largest absolute Gasteiger partial charge is 0.375 e. The van der Waals surface area contributed by atoms with Crippen molar-refractivity contribution >= 4 is 33.0 Å². The van der Waals surface area contributed by atoms with Crippen LogP contribution in [0.4, 0.5) is 5.69 Å².